The van der Waals surface area contributed by atoms with Crippen LogP contribution < -0.4 is 5.84 Å². The maximum absolute atomic E-state index is 11.6. The molecule has 1 aliphatic rings. The minimum Gasteiger partial charge on any atom is -0.480 e. The summed E-state index contributed by atoms with van der Waals surface area (Å²) >= 11 is 0. The Morgan fingerprint density at radius 1 is 1.24 bits per heavy atom. The number of aliphatic carboxylic acids is 1. The normalized spacial score (nSPS) is 19.3. The molecule has 0 aromatic carbocycles. The fourth-order valence-corrected chi connectivity index (χ4v) is 2.67. The molecule has 0 aromatic rings. The van der Waals surface area contributed by atoms with E-state index < -0.39 is 22.4 Å². The predicted octanol–water partition coefficient (Wildman–Crippen LogP) is -2.50. The molecular formula is C8H15N3O5S. The summed E-state index contributed by atoms with van der Waals surface area (Å²) in [6.45, 7) is -0.381. The summed E-state index contributed by atoms with van der Waals surface area (Å²) in [5, 5.41) is 9.33. The number of hydrogen-bond acceptors (Lipinski definition) is 6. The summed E-state index contributed by atoms with van der Waals surface area (Å²) in [4.78, 5) is 23.3. The standard InChI is InChI=1S/C8H15N3O5S/c9-11(6-8(13)14)5-7(12)10-1-3-17(15,16)4-2-10/h1-6,9H2,(H,13,14). The first-order valence-electron chi connectivity index (χ1n) is 5.00. The molecule has 0 bridgehead atoms. The fourth-order valence-electron chi connectivity index (χ4n) is 1.47. The van der Waals surface area contributed by atoms with Crippen molar-refractivity contribution in [2.45, 2.75) is 0 Å². The van der Waals surface area contributed by atoms with Gasteiger partial charge in [-0.15, -0.1) is 0 Å². The van der Waals surface area contributed by atoms with Crippen LogP contribution in [0, 0.1) is 0 Å². The van der Waals surface area contributed by atoms with Gasteiger partial charge in [-0.05, 0) is 0 Å². The lowest BCUT2D eigenvalue weighted by Gasteiger charge is -2.28. The number of nitrogens with two attached hydrogens (primary N) is 1. The topological polar surface area (TPSA) is 121 Å². The Kier molecular flexibility index (Phi) is 4.43. The second-order valence-electron chi connectivity index (χ2n) is 3.83. The third-order valence-corrected chi connectivity index (χ3v) is 3.98. The van der Waals surface area contributed by atoms with Gasteiger partial charge < -0.3 is 10.0 Å². The number of carboxylic acid groups (broad SMARTS) is 1. The molecule has 0 spiro atoms. The monoisotopic (exact) mass is 265 g/mol. The second kappa shape index (κ2) is 5.43. The molecule has 8 nitrogen and oxygen atoms in total. The highest BCUT2D eigenvalue weighted by molar-refractivity contribution is 7.91. The Balaban J connectivity index is 2.41. The van der Waals surface area contributed by atoms with Gasteiger partial charge >= 0.3 is 5.97 Å². The van der Waals surface area contributed by atoms with E-state index >= 15 is 0 Å². The molecule has 0 aromatic heterocycles. The lowest BCUT2D eigenvalue weighted by Crippen LogP contribution is -2.49. The van der Waals surface area contributed by atoms with Crippen molar-refractivity contribution in [3.63, 3.8) is 0 Å². The van der Waals surface area contributed by atoms with E-state index in [1.165, 1.54) is 4.90 Å². The van der Waals surface area contributed by atoms with Gasteiger partial charge in [-0.1, -0.05) is 0 Å². The largest absolute Gasteiger partial charge is 0.480 e. The summed E-state index contributed by atoms with van der Waals surface area (Å²) in [5.74, 6) is 3.73. The smallest absolute Gasteiger partial charge is 0.319 e. The number of sulfone groups is 1. The van der Waals surface area contributed by atoms with Crippen LogP contribution in [0.4, 0.5) is 0 Å². The van der Waals surface area contributed by atoms with Crippen LogP contribution in [0.3, 0.4) is 0 Å². The molecule has 1 fully saturated rings. The highest BCUT2D eigenvalue weighted by Gasteiger charge is 2.25. The first kappa shape index (κ1) is 13.9. The first-order chi connectivity index (χ1) is 7.80. The van der Waals surface area contributed by atoms with Gasteiger partial charge in [0, 0.05) is 13.1 Å². The molecule has 17 heavy (non-hydrogen) atoms. The predicted molar refractivity (Wildman–Crippen MR) is 58.6 cm³/mol. The van der Waals surface area contributed by atoms with E-state index in [9.17, 15) is 18.0 Å². The number of carboxylic acids is 1. The van der Waals surface area contributed by atoms with Crippen LogP contribution in [0.25, 0.3) is 0 Å². The van der Waals surface area contributed by atoms with Crippen molar-refractivity contribution in [1.82, 2.24) is 9.91 Å². The van der Waals surface area contributed by atoms with Crippen molar-refractivity contribution < 1.29 is 23.1 Å². The second-order valence-corrected chi connectivity index (χ2v) is 6.13. The van der Waals surface area contributed by atoms with Crippen LogP contribution >= 0.6 is 0 Å². The maximum atomic E-state index is 11.6. The van der Waals surface area contributed by atoms with Gasteiger partial charge in [0.1, 0.15) is 6.54 Å². The van der Waals surface area contributed by atoms with Gasteiger partial charge in [-0.25, -0.2) is 13.4 Å². The zero-order valence-corrected chi connectivity index (χ0v) is 10.0. The Bertz CT molecular complexity index is 393. The van der Waals surface area contributed by atoms with Crippen molar-refractivity contribution in [3.05, 3.63) is 0 Å². The van der Waals surface area contributed by atoms with Gasteiger partial charge in [-0.2, -0.15) is 0 Å². The molecule has 9 heteroatoms. The van der Waals surface area contributed by atoms with Gasteiger partial charge in [0.15, 0.2) is 9.84 Å². The van der Waals surface area contributed by atoms with Gasteiger partial charge in [0.25, 0.3) is 0 Å². The molecule has 0 radical (unpaired) electrons. The summed E-state index contributed by atoms with van der Waals surface area (Å²) in [6.07, 6.45) is 0. The van der Waals surface area contributed by atoms with Gasteiger partial charge in [0.2, 0.25) is 5.91 Å². The van der Waals surface area contributed by atoms with E-state index in [0.717, 1.165) is 5.01 Å². The van der Waals surface area contributed by atoms with Crippen molar-refractivity contribution in [3.8, 4) is 0 Å². The summed E-state index contributed by atoms with van der Waals surface area (Å²) in [5.41, 5.74) is 0. The van der Waals surface area contributed by atoms with Crippen LogP contribution in [0.15, 0.2) is 0 Å². The Morgan fingerprint density at radius 3 is 2.24 bits per heavy atom. The minimum atomic E-state index is -3.03. The van der Waals surface area contributed by atoms with E-state index in [1.807, 2.05) is 0 Å². The van der Waals surface area contributed by atoms with E-state index in [4.69, 9.17) is 10.9 Å². The Hall–Kier alpha value is -1.19. The number of nitrogens with zero attached hydrogens (tertiary/aromatic N) is 2. The van der Waals surface area contributed by atoms with Crippen LogP contribution in [0.5, 0.6) is 0 Å². The highest BCUT2D eigenvalue weighted by Crippen LogP contribution is 2.04. The number of carbonyl (C=O) groups excluding carboxylic acids is 1. The first-order valence-corrected chi connectivity index (χ1v) is 6.82. The molecule has 1 heterocycles. The molecule has 0 saturated carbocycles. The quantitative estimate of drug-likeness (QED) is 0.426. The summed E-state index contributed by atoms with van der Waals surface area (Å²) in [7, 11) is -3.03. The zero-order valence-electron chi connectivity index (χ0n) is 9.20. The van der Waals surface area contributed by atoms with E-state index in [-0.39, 0.29) is 37.0 Å². The number of carbonyl (C=O) groups is 2. The molecule has 0 aliphatic carbocycles. The molecule has 0 unspecified atom stereocenters. The molecule has 1 saturated heterocycles. The van der Waals surface area contributed by atoms with Crippen LogP contribution in [0.2, 0.25) is 0 Å². The molecule has 1 rings (SSSR count). The van der Waals surface area contributed by atoms with Gasteiger partial charge in [-0.3, -0.25) is 15.4 Å². The van der Waals surface area contributed by atoms with E-state index in [0.29, 0.717) is 0 Å². The van der Waals surface area contributed by atoms with Gasteiger partial charge in [0.05, 0.1) is 18.1 Å². The van der Waals surface area contributed by atoms with Crippen LogP contribution in [-0.4, -0.2) is 73.0 Å². The van der Waals surface area contributed by atoms with Crippen LogP contribution in [-0.2, 0) is 19.4 Å². The van der Waals surface area contributed by atoms with Crippen LogP contribution in [0.1, 0.15) is 0 Å². The number of hydrazine groups is 1. The van der Waals surface area contributed by atoms with Crippen molar-refractivity contribution in [2.24, 2.45) is 5.84 Å². The Morgan fingerprint density at radius 2 is 1.76 bits per heavy atom. The summed E-state index contributed by atoms with van der Waals surface area (Å²) in [6, 6.07) is 0. The SMILES string of the molecule is NN(CC(=O)O)CC(=O)N1CCS(=O)(=O)CC1. The van der Waals surface area contributed by atoms with E-state index in [2.05, 4.69) is 0 Å². The third kappa shape index (κ3) is 4.67. The van der Waals surface area contributed by atoms with Crippen molar-refractivity contribution in [2.75, 3.05) is 37.7 Å². The van der Waals surface area contributed by atoms with E-state index in [1.54, 1.807) is 0 Å². The lowest BCUT2D eigenvalue weighted by molar-refractivity contribution is -0.139. The minimum absolute atomic E-state index is 0.0533. The molecule has 1 amide bonds. The lowest BCUT2D eigenvalue weighted by atomic mass is 10.4. The maximum Gasteiger partial charge on any atom is 0.319 e. The van der Waals surface area contributed by atoms with Crippen molar-refractivity contribution >= 4 is 21.7 Å². The summed E-state index contributed by atoms with van der Waals surface area (Å²) < 4.78 is 22.3. The molecule has 1 aliphatic heterocycles. The third-order valence-electron chi connectivity index (χ3n) is 2.37. The fraction of sp³-hybridized carbons (Fsp3) is 0.750. The number of amides is 1. The Labute approximate surface area is 98.9 Å². The molecule has 98 valence electrons. The zero-order chi connectivity index (χ0) is 13.1. The number of hydrogen-bond donors (Lipinski definition) is 2. The molecule has 0 atom stereocenters. The average Bonchev–Trinajstić information content (AvgIpc) is 2.15. The average molecular weight is 265 g/mol. The molecular weight excluding hydrogens is 250 g/mol. The number of rotatable bonds is 4. The highest BCUT2D eigenvalue weighted by atomic mass is 32.2. The molecule has 3 N–H and O–H groups in total. The van der Waals surface area contributed by atoms with Crippen molar-refractivity contribution in [1.29, 1.82) is 0 Å².